The predicted molar refractivity (Wildman–Crippen MR) is 119 cm³/mol. The van der Waals surface area contributed by atoms with Crippen molar-refractivity contribution in [2.75, 3.05) is 27.4 Å². The number of halogens is 1. The highest BCUT2D eigenvalue weighted by Gasteiger charge is 2.17. The first-order chi connectivity index (χ1) is 16.0. The van der Waals surface area contributed by atoms with Crippen LogP contribution in [0.5, 0.6) is 17.2 Å². The Labute approximate surface area is 189 Å². The van der Waals surface area contributed by atoms with E-state index in [1.165, 1.54) is 56.9 Å². The van der Waals surface area contributed by atoms with E-state index >= 15 is 0 Å². The van der Waals surface area contributed by atoms with Crippen LogP contribution in [0.3, 0.4) is 0 Å². The van der Waals surface area contributed by atoms with E-state index in [1.54, 1.807) is 24.3 Å². The summed E-state index contributed by atoms with van der Waals surface area (Å²) in [5, 5.41) is 5.26. The average molecular weight is 454 g/mol. The van der Waals surface area contributed by atoms with Crippen LogP contribution < -0.4 is 24.8 Å². The second-order valence-corrected chi connectivity index (χ2v) is 6.66. The summed E-state index contributed by atoms with van der Waals surface area (Å²) < 4.78 is 34.1. The molecule has 2 N–H and O–H groups in total. The molecule has 0 aliphatic heterocycles. The lowest BCUT2D eigenvalue weighted by Crippen LogP contribution is -2.36. The number of ether oxygens (including phenoxy) is 3. The second kappa shape index (κ2) is 11.4. The Hall–Kier alpha value is -4.27. The molecule has 2 aromatic carbocycles. The molecular weight excluding hydrogens is 431 g/mol. The smallest absolute Gasteiger partial charge is 0.268 e. The third-order valence-electron chi connectivity index (χ3n) is 4.44. The maximum absolute atomic E-state index is 13.0. The Morgan fingerprint density at radius 1 is 1.03 bits per heavy atom. The first-order valence-electron chi connectivity index (χ1n) is 9.95. The zero-order valence-corrected chi connectivity index (χ0v) is 18.1. The molecule has 172 valence electrons. The van der Waals surface area contributed by atoms with E-state index in [-0.39, 0.29) is 30.2 Å². The van der Waals surface area contributed by atoms with Gasteiger partial charge in [0.15, 0.2) is 11.5 Å². The van der Waals surface area contributed by atoms with E-state index in [9.17, 15) is 14.0 Å². The summed E-state index contributed by atoms with van der Waals surface area (Å²) >= 11 is 0. The Kier molecular flexibility index (Phi) is 8.07. The molecule has 3 aromatic rings. The standard InChI is InChI=1S/C24H23FN2O6/c1-30-21-10-5-16(14-22(21)31-2)23(28)27-20(15-19-4-3-12-32-19)24(29)26-11-13-33-18-8-6-17(25)7-9-18/h3-10,12,14-15H,11,13H2,1-2H3,(H,26,29)(H,27,28)/b20-15-. The molecule has 0 fully saturated rings. The molecule has 3 rings (SSSR count). The normalized spacial score (nSPS) is 10.9. The fourth-order valence-corrected chi connectivity index (χ4v) is 2.81. The zero-order valence-electron chi connectivity index (χ0n) is 18.1. The van der Waals surface area contributed by atoms with Gasteiger partial charge < -0.3 is 29.3 Å². The molecule has 9 heteroatoms. The SMILES string of the molecule is COc1ccc(C(=O)N/C(=C\c2ccco2)C(=O)NCCOc2ccc(F)cc2)cc1OC. The average Bonchev–Trinajstić information content (AvgIpc) is 3.35. The van der Waals surface area contributed by atoms with Crippen LogP contribution in [-0.2, 0) is 4.79 Å². The van der Waals surface area contributed by atoms with Crippen LogP contribution in [-0.4, -0.2) is 39.2 Å². The molecule has 0 atom stereocenters. The number of hydrogen-bond acceptors (Lipinski definition) is 6. The van der Waals surface area contributed by atoms with Gasteiger partial charge in [-0.2, -0.15) is 0 Å². The third kappa shape index (κ3) is 6.60. The van der Waals surface area contributed by atoms with Crippen LogP contribution in [0.15, 0.2) is 71.0 Å². The molecule has 0 unspecified atom stereocenters. The summed E-state index contributed by atoms with van der Waals surface area (Å²) in [6.45, 7) is 0.299. The van der Waals surface area contributed by atoms with Gasteiger partial charge in [-0.25, -0.2) is 4.39 Å². The number of nitrogens with one attached hydrogen (secondary N) is 2. The van der Waals surface area contributed by atoms with Crippen molar-refractivity contribution < 1.29 is 32.6 Å². The van der Waals surface area contributed by atoms with Crippen molar-refractivity contribution in [3.63, 3.8) is 0 Å². The summed E-state index contributed by atoms with van der Waals surface area (Å²) in [5.41, 5.74) is 0.247. The van der Waals surface area contributed by atoms with E-state index in [0.717, 1.165) is 0 Å². The monoisotopic (exact) mass is 454 g/mol. The summed E-state index contributed by atoms with van der Waals surface area (Å²) in [4.78, 5) is 25.5. The number of furan rings is 1. The second-order valence-electron chi connectivity index (χ2n) is 6.66. The first-order valence-corrected chi connectivity index (χ1v) is 9.95. The van der Waals surface area contributed by atoms with Crippen molar-refractivity contribution in [2.45, 2.75) is 0 Å². The van der Waals surface area contributed by atoms with Gasteiger partial charge >= 0.3 is 0 Å². The highest BCUT2D eigenvalue weighted by atomic mass is 19.1. The van der Waals surface area contributed by atoms with Crippen molar-refractivity contribution in [1.29, 1.82) is 0 Å². The maximum atomic E-state index is 13.0. The molecule has 8 nitrogen and oxygen atoms in total. The van der Waals surface area contributed by atoms with E-state index in [2.05, 4.69) is 10.6 Å². The molecule has 0 radical (unpaired) electrons. The first kappa shape index (κ1) is 23.4. The van der Waals surface area contributed by atoms with Crippen molar-refractivity contribution in [1.82, 2.24) is 10.6 Å². The number of hydrogen-bond donors (Lipinski definition) is 2. The van der Waals surface area contributed by atoms with Crippen molar-refractivity contribution in [2.24, 2.45) is 0 Å². The predicted octanol–water partition coefficient (Wildman–Crippen LogP) is 3.40. The number of methoxy groups -OCH3 is 2. The number of carbonyl (C=O) groups is 2. The van der Waals surface area contributed by atoms with Gasteiger partial charge in [0, 0.05) is 11.6 Å². The Bertz CT molecular complexity index is 1110. The van der Waals surface area contributed by atoms with Gasteiger partial charge in [0.1, 0.15) is 29.6 Å². The molecule has 0 spiro atoms. The molecule has 0 saturated carbocycles. The van der Waals surface area contributed by atoms with Crippen LogP contribution in [0.25, 0.3) is 6.08 Å². The number of carbonyl (C=O) groups excluding carboxylic acids is 2. The maximum Gasteiger partial charge on any atom is 0.268 e. The van der Waals surface area contributed by atoms with Crippen LogP contribution in [0.4, 0.5) is 4.39 Å². The fraction of sp³-hybridized carbons (Fsp3) is 0.167. The fourth-order valence-electron chi connectivity index (χ4n) is 2.81. The molecule has 0 aliphatic carbocycles. The Morgan fingerprint density at radius 3 is 2.45 bits per heavy atom. The van der Waals surface area contributed by atoms with E-state index in [1.807, 2.05) is 0 Å². The highest BCUT2D eigenvalue weighted by molar-refractivity contribution is 6.05. The van der Waals surface area contributed by atoms with Gasteiger partial charge in [0.05, 0.1) is 27.0 Å². The van der Waals surface area contributed by atoms with Crippen LogP contribution >= 0.6 is 0 Å². The summed E-state index contributed by atoms with van der Waals surface area (Å²) in [7, 11) is 2.95. The van der Waals surface area contributed by atoms with E-state index in [0.29, 0.717) is 23.0 Å². The molecule has 0 aliphatic rings. The quantitative estimate of drug-likeness (QED) is 0.360. The minimum atomic E-state index is -0.539. The molecule has 1 aromatic heterocycles. The minimum Gasteiger partial charge on any atom is -0.493 e. The molecular formula is C24H23FN2O6. The largest absolute Gasteiger partial charge is 0.493 e. The lowest BCUT2D eigenvalue weighted by molar-refractivity contribution is -0.117. The van der Waals surface area contributed by atoms with Gasteiger partial charge in [-0.05, 0) is 54.6 Å². The van der Waals surface area contributed by atoms with Crippen molar-refractivity contribution in [3.05, 3.63) is 83.7 Å². The highest BCUT2D eigenvalue weighted by Crippen LogP contribution is 2.27. The summed E-state index contributed by atoms with van der Waals surface area (Å²) in [6.07, 6.45) is 2.86. The zero-order chi connectivity index (χ0) is 23.6. The molecule has 33 heavy (non-hydrogen) atoms. The molecule has 1 heterocycles. The van der Waals surface area contributed by atoms with Gasteiger partial charge in [0.25, 0.3) is 11.8 Å². The molecule has 0 bridgehead atoms. The lowest BCUT2D eigenvalue weighted by atomic mass is 10.1. The molecule has 0 saturated heterocycles. The summed E-state index contributed by atoms with van der Waals surface area (Å²) in [6, 6.07) is 13.5. The van der Waals surface area contributed by atoms with Crippen LogP contribution in [0.1, 0.15) is 16.1 Å². The number of rotatable bonds is 10. The van der Waals surface area contributed by atoms with E-state index < -0.39 is 11.8 Å². The van der Waals surface area contributed by atoms with Gasteiger partial charge in [0.2, 0.25) is 0 Å². The summed E-state index contributed by atoms with van der Waals surface area (Å²) in [5.74, 6) is 0.278. The Morgan fingerprint density at radius 2 is 1.79 bits per heavy atom. The van der Waals surface area contributed by atoms with Crippen molar-refractivity contribution >= 4 is 17.9 Å². The van der Waals surface area contributed by atoms with Crippen LogP contribution in [0, 0.1) is 5.82 Å². The topological polar surface area (TPSA) is 99.0 Å². The molecule has 2 amide bonds. The van der Waals surface area contributed by atoms with Crippen molar-refractivity contribution in [3.8, 4) is 17.2 Å². The van der Waals surface area contributed by atoms with Gasteiger partial charge in [-0.3, -0.25) is 9.59 Å². The van der Waals surface area contributed by atoms with Gasteiger partial charge in [-0.15, -0.1) is 0 Å². The van der Waals surface area contributed by atoms with Crippen LogP contribution in [0.2, 0.25) is 0 Å². The minimum absolute atomic E-state index is 0.0217. The Balaban J connectivity index is 1.66. The van der Waals surface area contributed by atoms with E-state index in [4.69, 9.17) is 18.6 Å². The van der Waals surface area contributed by atoms with Gasteiger partial charge in [-0.1, -0.05) is 0 Å². The lowest BCUT2D eigenvalue weighted by Gasteiger charge is -2.13. The third-order valence-corrected chi connectivity index (χ3v) is 4.44. The number of amides is 2. The number of benzene rings is 2.